The van der Waals surface area contributed by atoms with Crippen LogP contribution in [0.3, 0.4) is 0 Å². The number of nitrogens with two attached hydrogens (primary N) is 1. The summed E-state index contributed by atoms with van der Waals surface area (Å²) < 4.78 is 5.74. The van der Waals surface area contributed by atoms with E-state index in [0.717, 1.165) is 25.3 Å². The molecule has 1 aromatic rings. The molecule has 0 atom stereocenters. The van der Waals surface area contributed by atoms with Crippen molar-refractivity contribution in [3.63, 3.8) is 0 Å². The molecule has 0 bridgehead atoms. The minimum Gasteiger partial charge on any atom is -0.496 e. The normalized spacial score (nSPS) is 20.5. The van der Waals surface area contributed by atoms with Gasteiger partial charge in [0.2, 0.25) is 0 Å². The molecule has 3 heteroatoms. The Hall–Kier alpha value is -1.22. The molecule has 1 heterocycles. The van der Waals surface area contributed by atoms with Crippen molar-refractivity contribution in [2.75, 3.05) is 32.1 Å². The van der Waals surface area contributed by atoms with Crippen molar-refractivity contribution in [1.29, 1.82) is 0 Å². The Kier molecular flexibility index (Phi) is 2.74. The maximum atomic E-state index is 6.03. The second-order valence-electron chi connectivity index (χ2n) is 5.65. The zero-order chi connectivity index (χ0) is 12.8. The third-order valence-corrected chi connectivity index (χ3v) is 4.82. The van der Waals surface area contributed by atoms with Crippen LogP contribution in [0.25, 0.3) is 0 Å². The van der Waals surface area contributed by atoms with Gasteiger partial charge in [-0.15, -0.1) is 0 Å². The molecule has 0 amide bonds. The van der Waals surface area contributed by atoms with Crippen LogP contribution in [0.15, 0.2) is 12.1 Å². The largest absolute Gasteiger partial charge is 0.496 e. The van der Waals surface area contributed by atoms with Crippen molar-refractivity contribution < 1.29 is 4.74 Å². The fourth-order valence-electron chi connectivity index (χ4n) is 3.45. The van der Waals surface area contributed by atoms with E-state index in [-0.39, 0.29) is 5.41 Å². The van der Waals surface area contributed by atoms with Gasteiger partial charge in [-0.3, -0.25) is 0 Å². The van der Waals surface area contributed by atoms with Crippen LogP contribution < -0.4 is 15.4 Å². The van der Waals surface area contributed by atoms with Crippen LogP contribution in [-0.2, 0) is 11.8 Å². The lowest BCUT2D eigenvalue weighted by atomic mass is 9.64. The maximum Gasteiger partial charge on any atom is 0.127 e. The summed E-state index contributed by atoms with van der Waals surface area (Å²) in [5, 5.41) is 0. The van der Waals surface area contributed by atoms with Gasteiger partial charge in [0, 0.05) is 42.4 Å². The molecule has 1 aliphatic heterocycles. The molecule has 98 valence electrons. The molecule has 1 fully saturated rings. The van der Waals surface area contributed by atoms with E-state index in [2.05, 4.69) is 24.1 Å². The van der Waals surface area contributed by atoms with Gasteiger partial charge in [0.05, 0.1) is 7.11 Å². The highest BCUT2D eigenvalue weighted by Crippen LogP contribution is 2.49. The smallest absolute Gasteiger partial charge is 0.127 e. The summed E-state index contributed by atoms with van der Waals surface area (Å²) in [5.74, 6) is 1.10. The molecule has 2 N–H and O–H groups in total. The highest BCUT2D eigenvalue weighted by Gasteiger charge is 2.40. The van der Waals surface area contributed by atoms with Crippen molar-refractivity contribution in [2.45, 2.75) is 31.1 Å². The Morgan fingerprint density at radius 3 is 2.72 bits per heavy atom. The molecule has 0 radical (unpaired) electrons. The highest BCUT2D eigenvalue weighted by atomic mass is 16.5. The van der Waals surface area contributed by atoms with E-state index in [1.165, 1.54) is 36.1 Å². The first-order valence-electron chi connectivity index (χ1n) is 6.83. The Labute approximate surface area is 109 Å². The quantitative estimate of drug-likeness (QED) is 0.887. The standard InChI is InChI=1S/C15H22N2O/c1-17-9-6-11-13(17)5-4-12(14(11)18-2)15(10-16)7-3-8-15/h4-5H,3,6-10,16H2,1-2H3. The predicted molar refractivity (Wildman–Crippen MR) is 74.6 cm³/mol. The summed E-state index contributed by atoms with van der Waals surface area (Å²) in [6, 6.07) is 4.49. The van der Waals surface area contributed by atoms with Gasteiger partial charge in [-0.25, -0.2) is 0 Å². The van der Waals surface area contributed by atoms with Crippen molar-refractivity contribution in [2.24, 2.45) is 5.73 Å². The molecule has 0 spiro atoms. The summed E-state index contributed by atoms with van der Waals surface area (Å²) in [6.45, 7) is 1.82. The van der Waals surface area contributed by atoms with Crippen molar-refractivity contribution >= 4 is 5.69 Å². The van der Waals surface area contributed by atoms with Crippen LogP contribution in [0.5, 0.6) is 5.75 Å². The Morgan fingerprint density at radius 2 is 2.17 bits per heavy atom. The maximum absolute atomic E-state index is 6.03. The van der Waals surface area contributed by atoms with Crippen LogP contribution >= 0.6 is 0 Å². The van der Waals surface area contributed by atoms with Crippen LogP contribution in [0, 0.1) is 0 Å². The second kappa shape index (κ2) is 4.16. The number of hydrogen-bond acceptors (Lipinski definition) is 3. The van der Waals surface area contributed by atoms with Gasteiger partial charge in [-0.2, -0.15) is 0 Å². The number of rotatable bonds is 3. The molecule has 2 aliphatic rings. The number of ether oxygens (including phenoxy) is 1. The third-order valence-electron chi connectivity index (χ3n) is 4.82. The molecule has 0 aromatic heterocycles. The summed E-state index contributed by atoms with van der Waals surface area (Å²) in [4.78, 5) is 2.30. The SMILES string of the molecule is COc1c(C2(CN)CCC2)ccc2c1CCN2C. The lowest BCUT2D eigenvalue weighted by molar-refractivity contribution is 0.243. The molecular weight excluding hydrogens is 224 g/mol. The van der Waals surface area contributed by atoms with Gasteiger partial charge < -0.3 is 15.4 Å². The molecule has 0 unspecified atom stereocenters. The molecule has 3 rings (SSSR count). The molecule has 18 heavy (non-hydrogen) atoms. The molecule has 1 saturated carbocycles. The summed E-state index contributed by atoms with van der Waals surface area (Å²) >= 11 is 0. The fourth-order valence-corrected chi connectivity index (χ4v) is 3.45. The van der Waals surface area contributed by atoms with Gasteiger partial charge >= 0.3 is 0 Å². The number of methoxy groups -OCH3 is 1. The Bertz CT molecular complexity index is 460. The molecule has 0 saturated heterocycles. The van der Waals surface area contributed by atoms with E-state index in [1.807, 2.05) is 0 Å². The van der Waals surface area contributed by atoms with E-state index in [1.54, 1.807) is 7.11 Å². The number of hydrogen-bond donors (Lipinski definition) is 1. The zero-order valence-corrected chi connectivity index (χ0v) is 11.3. The van der Waals surface area contributed by atoms with Crippen LogP contribution in [0.4, 0.5) is 5.69 Å². The Morgan fingerprint density at radius 1 is 1.39 bits per heavy atom. The first-order valence-corrected chi connectivity index (χ1v) is 6.83. The van der Waals surface area contributed by atoms with Crippen molar-refractivity contribution in [1.82, 2.24) is 0 Å². The van der Waals surface area contributed by atoms with Crippen LogP contribution in [0.2, 0.25) is 0 Å². The summed E-state index contributed by atoms with van der Waals surface area (Å²) in [5.41, 5.74) is 10.2. The van der Waals surface area contributed by atoms with E-state index in [0.29, 0.717) is 0 Å². The van der Waals surface area contributed by atoms with Gasteiger partial charge in [0.15, 0.2) is 0 Å². The number of fused-ring (bicyclic) bond motifs is 1. The lowest BCUT2D eigenvalue weighted by Crippen LogP contribution is -2.41. The average Bonchev–Trinajstić information content (AvgIpc) is 2.70. The molecule has 1 aliphatic carbocycles. The highest BCUT2D eigenvalue weighted by molar-refractivity contribution is 5.66. The van der Waals surface area contributed by atoms with Gasteiger partial charge in [0.25, 0.3) is 0 Å². The van der Waals surface area contributed by atoms with Gasteiger partial charge in [-0.05, 0) is 25.3 Å². The molecule has 3 nitrogen and oxygen atoms in total. The number of likely N-dealkylation sites (N-methyl/N-ethyl adjacent to an activating group) is 1. The zero-order valence-electron chi connectivity index (χ0n) is 11.3. The first kappa shape index (κ1) is 11.8. The Balaban J connectivity index is 2.11. The predicted octanol–water partition coefficient (Wildman–Crippen LogP) is 2.07. The summed E-state index contributed by atoms with van der Waals surface area (Å²) in [7, 11) is 3.94. The van der Waals surface area contributed by atoms with E-state index < -0.39 is 0 Å². The lowest BCUT2D eigenvalue weighted by Gasteiger charge is -2.42. The van der Waals surface area contributed by atoms with Gasteiger partial charge in [-0.1, -0.05) is 12.5 Å². The van der Waals surface area contributed by atoms with Gasteiger partial charge in [0.1, 0.15) is 5.75 Å². The first-order chi connectivity index (χ1) is 8.72. The average molecular weight is 246 g/mol. The van der Waals surface area contributed by atoms with Crippen molar-refractivity contribution in [3.8, 4) is 5.75 Å². The van der Waals surface area contributed by atoms with Crippen LogP contribution in [0.1, 0.15) is 30.4 Å². The number of anilines is 1. The van der Waals surface area contributed by atoms with E-state index >= 15 is 0 Å². The van der Waals surface area contributed by atoms with Crippen molar-refractivity contribution in [3.05, 3.63) is 23.3 Å². The minimum atomic E-state index is 0.182. The van der Waals surface area contributed by atoms with Crippen LogP contribution in [-0.4, -0.2) is 27.2 Å². The second-order valence-corrected chi connectivity index (χ2v) is 5.65. The molecular formula is C15H22N2O. The molecule has 1 aromatic carbocycles. The third kappa shape index (κ3) is 1.46. The minimum absolute atomic E-state index is 0.182. The topological polar surface area (TPSA) is 38.5 Å². The van der Waals surface area contributed by atoms with E-state index in [4.69, 9.17) is 10.5 Å². The monoisotopic (exact) mass is 246 g/mol. The van der Waals surface area contributed by atoms with E-state index in [9.17, 15) is 0 Å². The number of nitrogens with zero attached hydrogens (tertiary/aromatic N) is 1. The summed E-state index contributed by atoms with van der Waals surface area (Å²) in [6.07, 6.45) is 4.78. The fraction of sp³-hybridized carbons (Fsp3) is 0.600. The number of benzene rings is 1.